The van der Waals surface area contributed by atoms with E-state index in [0.717, 1.165) is 12.1 Å². The molecule has 0 aliphatic heterocycles. The van der Waals surface area contributed by atoms with Gasteiger partial charge in [0.25, 0.3) is 0 Å². The second-order valence-corrected chi connectivity index (χ2v) is 4.72. The van der Waals surface area contributed by atoms with Gasteiger partial charge in [-0.1, -0.05) is 19.1 Å². The van der Waals surface area contributed by atoms with Crippen LogP contribution in [0, 0.1) is 0 Å². The number of nitrogens with one attached hydrogen (secondary N) is 1. The van der Waals surface area contributed by atoms with Gasteiger partial charge in [0.2, 0.25) is 0 Å². The monoisotopic (exact) mass is 305 g/mol. The first-order valence-electron chi connectivity index (χ1n) is 7.03. The Kier molecular flexibility index (Phi) is 7.53. The van der Waals surface area contributed by atoms with Crippen LogP contribution in [0.2, 0.25) is 0 Å². The molecule has 0 amide bonds. The minimum atomic E-state index is -4.27. The van der Waals surface area contributed by atoms with Crippen molar-refractivity contribution in [2.75, 3.05) is 26.4 Å². The smallest absolute Gasteiger partial charge is 0.411 e. The number of halogens is 3. The topological polar surface area (TPSA) is 30.5 Å². The quantitative estimate of drug-likeness (QED) is 0.706. The minimum absolute atomic E-state index is 0.0347. The molecule has 0 fully saturated rings. The molecule has 0 aromatic heterocycles. The van der Waals surface area contributed by atoms with Crippen LogP contribution in [0.3, 0.4) is 0 Å². The summed E-state index contributed by atoms with van der Waals surface area (Å²) in [5, 5.41) is 3.31. The Balaban J connectivity index is 2.28. The number of hydrogen-bond acceptors (Lipinski definition) is 3. The third-order valence-electron chi connectivity index (χ3n) is 2.84. The van der Waals surface area contributed by atoms with Crippen molar-refractivity contribution in [1.82, 2.24) is 5.32 Å². The molecule has 21 heavy (non-hydrogen) atoms. The van der Waals surface area contributed by atoms with E-state index in [4.69, 9.17) is 4.74 Å². The van der Waals surface area contributed by atoms with Crippen LogP contribution in [0.15, 0.2) is 24.3 Å². The molecule has 0 aliphatic rings. The lowest BCUT2D eigenvalue weighted by Gasteiger charge is -2.14. The van der Waals surface area contributed by atoms with Crippen LogP contribution in [0.5, 0.6) is 5.75 Å². The molecule has 0 radical (unpaired) electrons. The molecule has 1 aromatic carbocycles. The van der Waals surface area contributed by atoms with Crippen molar-refractivity contribution in [1.29, 1.82) is 0 Å². The van der Waals surface area contributed by atoms with Crippen LogP contribution >= 0.6 is 0 Å². The zero-order valence-electron chi connectivity index (χ0n) is 12.4. The zero-order valence-corrected chi connectivity index (χ0v) is 12.4. The van der Waals surface area contributed by atoms with E-state index in [-0.39, 0.29) is 12.6 Å². The van der Waals surface area contributed by atoms with Crippen molar-refractivity contribution in [3.8, 4) is 5.75 Å². The number of hydrogen-bond donors (Lipinski definition) is 1. The lowest BCUT2D eigenvalue weighted by molar-refractivity contribution is -0.174. The van der Waals surface area contributed by atoms with Gasteiger partial charge in [-0.05, 0) is 31.2 Å². The van der Waals surface area contributed by atoms with E-state index in [1.165, 1.54) is 0 Å². The van der Waals surface area contributed by atoms with E-state index in [2.05, 4.69) is 17.0 Å². The molecule has 0 heterocycles. The van der Waals surface area contributed by atoms with Gasteiger partial charge in [0.15, 0.2) is 0 Å². The number of rotatable bonds is 9. The molecule has 0 saturated heterocycles. The summed E-state index contributed by atoms with van der Waals surface area (Å²) in [7, 11) is 0. The van der Waals surface area contributed by atoms with Gasteiger partial charge in [0.1, 0.15) is 12.4 Å². The molecular weight excluding hydrogens is 283 g/mol. The molecule has 1 unspecified atom stereocenters. The third-order valence-corrected chi connectivity index (χ3v) is 2.84. The summed E-state index contributed by atoms with van der Waals surface area (Å²) in [5.41, 5.74) is 1.11. The summed E-state index contributed by atoms with van der Waals surface area (Å²) in [6.45, 7) is 4.14. The van der Waals surface area contributed by atoms with Crippen LogP contribution in [-0.4, -0.2) is 32.5 Å². The molecule has 3 nitrogen and oxygen atoms in total. The summed E-state index contributed by atoms with van der Waals surface area (Å²) >= 11 is 0. The maximum Gasteiger partial charge on any atom is 0.411 e. The van der Waals surface area contributed by atoms with Crippen LogP contribution in [0.25, 0.3) is 0 Å². The van der Waals surface area contributed by atoms with E-state index in [1.807, 2.05) is 31.2 Å². The highest BCUT2D eigenvalue weighted by Crippen LogP contribution is 2.19. The fourth-order valence-electron chi connectivity index (χ4n) is 1.84. The van der Waals surface area contributed by atoms with Gasteiger partial charge >= 0.3 is 6.18 Å². The molecular formula is C15H22F3NO2. The molecule has 1 N–H and O–H groups in total. The zero-order chi connectivity index (χ0) is 15.7. The van der Waals surface area contributed by atoms with Crippen LogP contribution < -0.4 is 10.1 Å². The predicted octanol–water partition coefficient (Wildman–Crippen LogP) is 3.70. The van der Waals surface area contributed by atoms with Gasteiger partial charge in [-0.3, -0.25) is 0 Å². The van der Waals surface area contributed by atoms with Crippen molar-refractivity contribution in [2.24, 2.45) is 0 Å². The van der Waals surface area contributed by atoms with Gasteiger partial charge in [-0.2, -0.15) is 13.2 Å². The van der Waals surface area contributed by atoms with Crippen molar-refractivity contribution in [3.63, 3.8) is 0 Å². The van der Waals surface area contributed by atoms with Gasteiger partial charge < -0.3 is 14.8 Å². The highest BCUT2D eigenvalue weighted by atomic mass is 19.4. The Bertz CT molecular complexity index is 410. The molecule has 6 heteroatoms. The Labute approximate surface area is 123 Å². The molecule has 0 saturated carbocycles. The predicted molar refractivity (Wildman–Crippen MR) is 75.5 cm³/mol. The van der Waals surface area contributed by atoms with Gasteiger partial charge in [0.05, 0.1) is 13.2 Å². The Morgan fingerprint density at radius 2 is 2.00 bits per heavy atom. The maximum atomic E-state index is 11.9. The molecule has 0 bridgehead atoms. The highest BCUT2D eigenvalue weighted by molar-refractivity contribution is 5.30. The number of alkyl halides is 3. The Morgan fingerprint density at radius 3 is 2.67 bits per heavy atom. The largest absolute Gasteiger partial charge is 0.493 e. The van der Waals surface area contributed by atoms with Crippen molar-refractivity contribution >= 4 is 0 Å². The van der Waals surface area contributed by atoms with E-state index < -0.39 is 12.8 Å². The van der Waals surface area contributed by atoms with Gasteiger partial charge in [-0.25, -0.2) is 0 Å². The summed E-state index contributed by atoms with van der Waals surface area (Å²) in [4.78, 5) is 0. The van der Waals surface area contributed by atoms with E-state index in [9.17, 15) is 13.2 Å². The van der Waals surface area contributed by atoms with Crippen molar-refractivity contribution in [2.45, 2.75) is 32.5 Å². The van der Waals surface area contributed by atoms with E-state index >= 15 is 0 Å². The third kappa shape index (κ3) is 7.92. The Hall–Kier alpha value is -1.27. The highest BCUT2D eigenvalue weighted by Gasteiger charge is 2.27. The molecule has 0 spiro atoms. The molecule has 120 valence electrons. The fraction of sp³-hybridized carbons (Fsp3) is 0.600. The second-order valence-electron chi connectivity index (χ2n) is 4.72. The first kappa shape index (κ1) is 17.8. The van der Waals surface area contributed by atoms with Gasteiger partial charge in [-0.15, -0.1) is 0 Å². The van der Waals surface area contributed by atoms with Crippen LogP contribution in [0.1, 0.15) is 31.9 Å². The van der Waals surface area contributed by atoms with Crippen molar-refractivity contribution in [3.05, 3.63) is 29.8 Å². The normalized spacial score (nSPS) is 13.2. The lowest BCUT2D eigenvalue weighted by Crippen LogP contribution is -2.18. The summed E-state index contributed by atoms with van der Waals surface area (Å²) in [5.74, 6) is 0.716. The van der Waals surface area contributed by atoms with E-state index in [0.29, 0.717) is 18.8 Å². The lowest BCUT2D eigenvalue weighted by atomic mass is 10.1. The standard InChI is InChI=1S/C15H22F3NO2/c1-3-19-12(2)13-6-4-7-14(10-13)21-9-5-8-20-11-15(16,17)18/h4,6-7,10,12,19H,3,5,8-9,11H2,1-2H3. The molecule has 1 aromatic rings. The fourth-order valence-corrected chi connectivity index (χ4v) is 1.84. The number of ether oxygens (including phenoxy) is 2. The molecule has 1 atom stereocenters. The molecule has 1 rings (SSSR count). The average molecular weight is 305 g/mol. The van der Waals surface area contributed by atoms with Crippen LogP contribution in [-0.2, 0) is 4.74 Å². The Morgan fingerprint density at radius 1 is 1.24 bits per heavy atom. The van der Waals surface area contributed by atoms with Crippen LogP contribution in [0.4, 0.5) is 13.2 Å². The second kappa shape index (κ2) is 8.89. The average Bonchev–Trinajstić information content (AvgIpc) is 2.42. The van der Waals surface area contributed by atoms with Gasteiger partial charge in [0, 0.05) is 12.5 Å². The first-order valence-corrected chi connectivity index (χ1v) is 7.03. The number of benzene rings is 1. The summed E-state index contributed by atoms with van der Waals surface area (Å²) in [6.07, 6.45) is -3.85. The van der Waals surface area contributed by atoms with E-state index in [1.54, 1.807) is 0 Å². The van der Waals surface area contributed by atoms with Crippen molar-refractivity contribution < 1.29 is 22.6 Å². The summed E-state index contributed by atoms with van der Waals surface area (Å²) < 4.78 is 45.6. The first-order chi connectivity index (χ1) is 9.92. The summed E-state index contributed by atoms with van der Waals surface area (Å²) in [6, 6.07) is 7.90. The molecule has 0 aliphatic carbocycles. The minimum Gasteiger partial charge on any atom is -0.493 e. The maximum absolute atomic E-state index is 11.9. The SMILES string of the molecule is CCNC(C)c1cccc(OCCCOCC(F)(F)F)c1.